The first-order chi connectivity index (χ1) is 25.5. The number of hydrogen-bond acceptors (Lipinski definition) is 0. The number of aryl methyl sites for hydroxylation is 1. The molecular formula is C51H48Cl2Zr. The molecule has 270 valence electrons. The Kier molecular flexibility index (Phi) is 13.4. The fourth-order valence-electron chi connectivity index (χ4n) is 8.67. The molecule has 0 saturated heterocycles. The summed E-state index contributed by atoms with van der Waals surface area (Å²) in [4.78, 5) is 0. The SMILES string of the molecule is Cc1cc2c(cc1-c1ccccc1)-c1ccc(CC(C)C(C)c3ccccc3)[c]([Zr+2](=[C](Cc3ccccc3)Cc3ccccc3)[CH]3C=CC=C3)c1C2.[Cl-].[Cl-]. The average molecular weight is 823 g/mol. The van der Waals surface area contributed by atoms with Crippen LogP contribution in [0.5, 0.6) is 0 Å². The fourth-order valence-corrected chi connectivity index (χ4v) is 17.6. The quantitative estimate of drug-likeness (QED) is 0.150. The van der Waals surface area contributed by atoms with E-state index in [0.717, 1.165) is 25.7 Å². The summed E-state index contributed by atoms with van der Waals surface area (Å²) < 4.78 is 4.06. The van der Waals surface area contributed by atoms with Gasteiger partial charge in [-0.05, 0) is 0 Å². The topological polar surface area (TPSA) is 0 Å². The number of halogens is 2. The van der Waals surface area contributed by atoms with Gasteiger partial charge < -0.3 is 24.8 Å². The molecule has 6 aromatic rings. The number of allylic oxidation sites excluding steroid dienone is 4. The van der Waals surface area contributed by atoms with E-state index in [1.807, 2.05) is 0 Å². The molecular weight excluding hydrogens is 775 g/mol. The molecule has 2 aliphatic carbocycles. The van der Waals surface area contributed by atoms with E-state index in [1.54, 1.807) is 17.6 Å². The van der Waals surface area contributed by atoms with Crippen molar-refractivity contribution in [2.45, 2.75) is 56.0 Å². The van der Waals surface area contributed by atoms with Crippen molar-refractivity contribution in [3.8, 4) is 22.3 Å². The first-order valence-electron chi connectivity index (χ1n) is 19.1. The molecule has 0 aliphatic heterocycles. The van der Waals surface area contributed by atoms with Gasteiger partial charge in [0.05, 0.1) is 0 Å². The maximum atomic E-state index is 2.56. The second kappa shape index (κ2) is 18.2. The largest absolute Gasteiger partial charge is 1.00 e. The van der Waals surface area contributed by atoms with Gasteiger partial charge in [-0.1, -0.05) is 0 Å². The summed E-state index contributed by atoms with van der Waals surface area (Å²) in [6, 6.07) is 54.7. The van der Waals surface area contributed by atoms with Crippen molar-refractivity contribution in [3.05, 3.63) is 209 Å². The third-order valence-electron chi connectivity index (χ3n) is 11.6. The Morgan fingerprint density at radius 3 is 1.78 bits per heavy atom. The normalized spacial score (nSPS) is 13.5. The second-order valence-corrected chi connectivity index (χ2v) is 21.7. The molecule has 3 heteroatoms. The van der Waals surface area contributed by atoms with Crippen molar-refractivity contribution in [2.75, 3.05) is 0 Å². The Labute approximate surface area is 343 Å². The molecule has 0 nitrogen and oxygen atoms in total. The van der Waals surface area contributed by atoms with Crippen LogP contribution in [0.3, 0.4) is 0 Å². The van der Waals surface area contributed by atoms with E-state index in [1.165, 1.54) is 50.1 Å². The van der Waals surface area contributed by atoms with E-state index in [9.17, 15) is 0 Å². The predicted octanol–water partition coefficient (Wildman–Crippen LogP) is 6.04. The second-order valence-electron chi connectivity index (χ2n) is 15.0. The zero-order valence-corrected chi connectivity index (χ0v) is 35.5. The van der Waals surface area contributed by atoms with Crippen molar-refractivity contribution < 1.29 is 46.1 Å². The van der Waals surface area contributed by atoms with Gasteiger partial charge in [0.25, 0.3) is 0 Å². The monoisotopic (exact) mass is 820 g/mol. The van der Waals surface area contributed by atoms with E-state index >= 15 is 0 Å². The van der Waals surface area contributed by atoms with E-state index in [0.29, 0.717) is 15.5 Å². The van der Waals surface area contributed by atoms with Crippen LogP contribution in [0.1, 0.15) is 58.7 Å². The van der Waals surface area contributed by atoms with Crippen LogP contribution in [0.25, 0.3) is 22.3 Å². The molecule has 0 aromatic heterocycles. The van der Waals surface area contributed by atoms with Gasteiger partial charge in [0, 0.05) is 0 Å². The summed E-state index contributed by atoms with van der Waals surface area (Å²) in [5.41, 5.74) is 15.9. The molecule has 0 amide bonds. The molecule has 0 bridgehead atoms. The van der Waals surface area contributed by atoms with Crippen LogP contribution in [0.4, 0.5) is 0 Å². The maximum Gasteiger partial charge on any atom is -1.00 e. The van der Waals surface area contributed by atoms with Gasteiger partial charge in [0.2, 0.25) is 0 Å². The average Bonchev–Trinajstić information content (AvgIpc) is 3.85. The third kappa shape index (κ3) is 8.50. The smallest absolute Gasteiger partial charge is 1.00 e. The summed E-state index contributed by atoms with van der Waals surface area (Å²) in [6.07, 6.45) is 13.9. The van der Waals surface area contributed by atoms with Gasteiger partial charge >= 0.3 is 321 Å². The van der Waals surface area contributed by atoms with Crippen molar-refractivity contribution in [1.29, 1.82) is 0 Å². The van der Waals surface area contributed by atoms with Crippen LogP contribution in [-0.2, 0) is 47.0 Å². The zero-order chi connectivity index (χ0) is 35.4. The van der Waals surface area contributed by atoms with E-state index in [4.69, 9.17) is 0 Å². The Morgan fingerprint density at radius 2 is 1.19 bits per heavy atom. The summed E-state index contributed by atoms with van der Waals surface area (Å²) in [7, 11) is 0. The van der Waals surface area contributed by atoms with Gasteiger partial charge in [0.1, 0.15) is 0 Å². The molecule has 0 saturated carbocycles. The number of hydrogen-bond donors (Lipinski definition) is 0. The van der Waals surface area contributed by atoms with Crippen LogP contribution in [0.2, 0.25) is 3.63 Å². The standard InChI is InChI=1S/C31H29.C15H14.C5H5.2ClH.Zr/c1-21(23(3)25-10-6-4-7-11-25)16-24-14-15-29-28(18-24)19-27-17-22(2)30(20-31(27)29)26-12-8-5-9-13-26;1-3-8-14(9-4-1)12-7-13-15-10-5-2-6-11-15;1-2-4-5-3-1;;;/h4-15,17,20-21,23H,16,19H2,1-3H3;1-6,8-11H,12-13H2;1-5H;2*1H;/q;;;;;+2/p-2. The van der Waals surface area contributed by atoms with Crippen molar-refractivity contribution in [2.24, 2.45) is 5.92 Å². The summed E-state index contributed by atoms with van der Waals surface area (Å²) >= 11 is -2.68. The molecule has 0 N–H and O–H groups in total. The van der Waals surface area contributed by atoms with E-state index < -0.39 is 21.3 Å². The zero-order valence-electron chi connectivity index (χ0n) is 31.5. The molecule has 8 rings (SSSR count). The fraction of sp³-hybridized carbons (Fsp3) is 0.196. The Balaban J connectivity index is 0.00000249. The summed E-state index contributed by atoms with van der Waals surface area (Å²) in [5, 5.41) is 0. The number of fused-ring (bicyclic) bond motifs is 3. The van der Waals surface area contributed by atoms with Gasteiger partial charge in [-0.3, -0.25) is 0 Å². The van der Waals surface area contributed by atoms with Crippen molar-refractivity contribution in [3.63, 3.8) is 0 Å². The molecule has 0 spiro atoms. The predicted molar refractivity (Wildman–Crippen MR) is 220 cm³/mol. The molecule has 0 radical (unpaired) electrons. The minimum absolute atomic E-state index is 0. The minimum Gasteiger partial charge on any atom is -1.00 e. The van der Waals surface area contributed by atoms with Gasteiger partial charge in [-0.15, -0.1) is 0 Å². The Hall–Kier alpha value is -3.87. The minimum atomic E-state index is -2.68. The van der Waals surface area contributed by atoms with Gasteiger partial charge in [-0.25, -0.2) is 0 Å². The molecule has 0 heterocycles. The first-order valence-corrected chi connectivity index (χ1v) is 23.0. The summed E-state index contributed by atoms with van der Waals surface area (Å²) in [6.45, 7) is 7.21. The molecule has 2 atom stereocenters. The molecule has 6 aromatic carbocycles. The molecule has 0 fully saturated rings. The molecule has 54 heavy (non-hydrogen) atoms. The van der Waals surface area contributed by atoms with Crippen LogP contribution in [0, 0.1) is 12.8 Å². The van der Waals surface area contributed by atoms with Crippen molar-refractivity contribution in [1.82, 2.24) is 0 Å². The van der Waals surface area contributed by atoms with Crippen LogP contribution in [0.15, 0.2) is 170 Å². The van der Waals surface area contributed by atoms with Crippen LogP contribution in [-0.4, -0.2) is 3.21 Å². The van der Waals surface area contributed by atoms with Crippen LogP contribution < -0.4 is 28.1 Å². The Bertz CT molecular complexity index is 2220. The summed E-state index contributed by atoms with van der Waals surface area (Å²) in [5.74, 6) is 0.992. The van der Waals surface area contributed by atoms with Gasteiger partial charge in [0.15, 0.2) is 0 Å². The first kappa shape index (κ1) is 39.8. The van der Waals surface area contributed by atoms with Crippen LogP contribution >= 0.6 is 0 Å². The van der Waals surface area contributed by atoms with Crippen molar-refractivity contribution >= 4 is 6.48 Å². The molecule has 2 aliphatic rings. The number of benzene rings is 6. The third-order valence-corrected chi connectivity index (χ3v) is 19.7. The van der Waals surface area contributed by atoms with E-state index in [2.05, 4.69) is 191 Å². The maximum absolute atomic E-state index is 2.68. The van der Waals surface area contributed by atoms with E-state index in [-0.39, 0.29) is 24.8 Å². The van der Waals surface area contributed by atoms with Gasteiger partial charge in [-0.2, -0.15) is 0 Å². The number of rotatable bonds is 11. The molecule has 2 unspecified atom stereocenters. The Morgan fingerprint density at radius 1 is 0.630 bits per heavy atom.